The molecule has 0 atom stereocenters. The molecule has 1 saturated carbocycles. The van der Waals surface area contributed by atoms with E-state index in [9.17, 15) is 9.90 Å². The summed E-state index contributed by atoms with van der Waals surface area (Å²) >= 11 is 0. The average Bonchev–Trinajstić information content (AvgIpc) is 2.49. The molecule has 0 unspecified atom stereocenters. The molecule has 0 spiro atoms. The molecular formula is C16H25N3O2. The second-order valence-corrected chi connectivity index (χ2v) is 6.11. The van der Waals surface area contributed by atoms with Crippen LogP contribution < -0.4 is 11.1 Å². The van der Waals surface area contributed by atoms with Crippen molar-refractivity contribution in [2.45, 2.75) is 51.0 Å². The van der Waals surface area contributed by atoms with Crippen molar-refractivity contribution in [1.29, 1.82) is 0 Å². The topological polar surface area (TPSA) is 88.2 Å². The summed E-state index contributed by atoms with van der Waals surface area (Å²) in [5, 5.41) is 13.3. The first-order chi connectivity index (χ1) is 10.0. The van der Waals surface area contributed by atoms with E-state index in [0.717, 1.165) is 31.6 Å². The predicted molar refractivity (Wildman–Crippen MR) is 82.6 cm³/mol. The standard InChI is InChI=1S/C16H25N3O2/c1-2-12-5-7-16(21,8-6-12)11-19-15(20)9-14-4-3-13(17)10-18-14/h3-4,10,12,21H,2,5-9,11,17H2,1H3,(H,19,20). The number of rotatable bonds is 5. The van der Waals surface area contributed by atoms with E-state index < -0.39 is 5.60 Å². The molecule has 0 saturated heterocycles. The van der Waals surface area contributed by atoms with Gasteiger partial charge in [-0.1, -0.05) is 13.3 Å². The third-order valence-electron chi connectivity index (χ3n) is 4.42. The molecular weight excluding hydrogens is 266 g/mol. The quantitative estimate of drug-likeness (QED) is 0.769. The number of carbonyl (C=O) groups is 1. The number of nitrogens with zero attached hydrogens (tertiary/aromatic N) is 1. The molecule has 0 aliphatic heterocycles. The third-order valence-corrected chi connectivity index (χ3v) is 4.42. The van der Waals surface area contributed by atoms with Crippen LogP contribution in [-0.4, -0.2) is 28.1 Å². The summed E-state index contributed by atoms with van der Waals surface area (Å²) in [6.07, 6.45) is 6.56. The Hall–Kier alpha value is -1.62. The van der Waals surface area contributed by atoms with Crippen molar-refractivity contribution in [2.75, 3.05) is 12.3 Å². The van der Waals surface area contributed by atoms with Crippen LogP contribution in [0.1, 0.15) is 44.7 Å². The van der Waals surface area contributed by atoms with Crippen molar-refractivity contribution in [2.24, 2.45) is 5.92 Å². The average molecular weight is 291 g/mol. The Morgan fingerprint density at radius 3 is 2.76 bits per heavy atom. The molecule has 1 heterocycles. The molecule has 1 aliphatic rings. The molecule has 4 N–H and O–H groups in total. The fourth-order valence-corrected chi connectivity index (χ4v) is 2.83. The van der Waals surface area contributed by atoms with Crippen molar-refractivity contribution in [1.82, 2.24) is 10.3 Å². The molecule has 5 nitrogen and oxygen atoms in total. The molecule has 2 rings (SSSR count). The van der Waals surface area contributed by atoms with Gasteiger partial charge in [-0.3, -0.25) is 9.78 Å². The third kappa shape index (κ3) is 4.70. The Balaban J connectivity index is 1.77. The van der Waals surface area contributed by atoms with Gasteiger partial charge >= 0.3 is 0 Å². The first kappa shape index (κ1) is 15.8. The lowest BCUT2D eigenvalue weighted by Gasteiger charge is -2.35. The fourth-order valence-electron chi connectivity index (χ4n) is 2.83. The van der Waals surface area contributed by atoms with E-state index in [0.29, 0.717) is 17.9 Å². The van der Waals surface area contributed by atoms with Gasteiger partial charge in [0.2, 0.25) is 5.91 Å². The largest absolute Gasteiger partial charge is 0.397 e. The smallest absolute Gasteiger partial charge is 0.226 e. The van der Waals surface area contributed by atoms with Crippen LogP contribution in [0.4, 0.5) is 5.69 Å². The van der Waals surface area contributed by atoms with E-state index in [1.807, 2.05) is 0 Å². The number of aromatic nitrogens is 1. The number of nitrogens with two attached hydrogens (primary N) is 1. The minimum atomic E-state index is -0.740. The highest BCUT2D eigenvalue weighted by Gasteiger charge is 2.32. The van der Waals surface area contributed by atoms with Crippen LogP contribution in [0.15, 0.2) is 18.3 Å². The number of nitrogen functional groups attached to an aromatic ring is 1. The lowest BCUT2D eigenvalue weighted by molar-refractivity contribution is -0.122. The number of nitrogens with one attached hydrogen (secondary N) is 1. The van der Waals surface area contributed by atoms with Crippen molar-refractivity contribution < 1.29 is 9.90 Å². The number of amides is 1. The van der Waals surface area contributed by atoms with Crippen LogP contribution in [0.2, 0.25) is 0 Å². The molecule has 1 aromatic rings. The number of hydrogen-bond donors (Lipinski definition) is 3. The summed E-state index contributed by atoms with van der Waals surface area (Å²) in [5.41, 5.74) is 6.09. The second kappa shape index (κ2) is 6.89. The summed E-state index contributed by atoms with van der Waals surface area (Å²) < 4.78 is 0. The molecule has 5 heteroatoms. The lowest BCUT2D eigenvalue weighted by atomic mass is 9.78. The first-order valence-corrected chi connectivity index (χ1v) is 7.70. The Kier molecular flexibility index (Phi) is 5.17. The number of aliphatic hydroxyl groups is 1. The maximum atomic E-state index is 11.9. The van der Waals surface area contributed by atoms with Crippen molar-refractivity contribution in [3.05, 3.63) is 24.0 Å². The highest BCUT2D eigenvalue weighted by molar-refractivity contribution is 5.78. The van der Waals surface area contributed by atoms with Gasteiger partial charge in [0, 0.05) is 12.2 Å². The lowest BCUT2D eigenvalue weighted by Crippen LogP contribution is -2.45. The minimum absolute atomic E-state index is 0.113. The zero-order valence-corrected chi connectivity index (χ0v) is 12.6. The molecule has 1 amide bonds. The van der Waals surface area contributed by atoms with Crippen LogP contribution in [0.3, 0.4) is 0 Å². The summed E-state index contributed by atoms with van der Waals surface area (Å²) in [6.45, 7) is 2.52. The van der Waals surface area contributed by atoms with Gasteiger partial charge in [-0.2, -0.15) is 0 Å². The Morgan fingerprint density at radius 2 is 2.19 bits per heavy atom. The zero-order valence-electron chi connectivity index (χ0n) is 12.6. The molecule has 21 heavy (non-hydrogen) atoms. The second-order valence-electron chi connectivity index (χ2n) is 6.11. The van der Waals surface area contributed by atoms with Gasteiger partial charge in [-0.15, -0.1) is 0 Å². The summed E-state index contributed by atoms with van der Waals surface area (Å²) in [4.78, 5) is 16.0. The van der Waals surface area contributed by atoms with Crippen molar-refractivity contribution >= 4 is 11.6 Å². The fraction of sp³-hybridized carbons (Fsp3) is 0.625. The SMILES string of the molecule is CCC1CCC(O)(CNC(=O)Cc2ccc(N)cn2)CC1. The van der Waals surface area contributed by atoms with Crippen molar-refractivity contribution in [3.63, 3.8) is 0 Å². The van der Waals surface area contributed by atoms with Gasteiger partial charge in [0.15, 0.2) is 0 Å². The van der Waals surface area contributed by atoms with E-state index in [2.05, 4.69) is 17.2 Å². The first-order valence-electron chi connectivity index (χ1n) is 7.70. The number of hydrogen-bond acceptors (Lipinski definition) is 4. The minimum Gasteiger partial charge on any atom is -0.397 e. The molecule has 1 aliphatic carbocycles. The van der Waals surface area contributed by atoms with E-state index in [1.165, 1.54) is 6.42 Å². The normalized spacial score (nSPS) is 25.5. The van der Waals surface area contributed by atoms with E-state index in [4.69, 9.17) is 5.73 Å². The maximum Gasteiger partial charge on any atom is 0.226 e. The van der Waals surface area contributed by atoms with E-state index >= 15 is 0 Å². The van der Waals surface area contributed by atoms with Gasteiger partial charge in [-0.25, -0.2) is 0 Å². The number of anilines is 1. The molecule has 1 aromatic heterocycles. The zero-order chi connectivity index (χ0) is 15.3. The van der Waals surface area contributed by atoms with Crippen LogP contribution in [0.5, 0.6) is 0 Å². The number of pyridine rings is 1. The molecule has 0 bridgehead atoms. The van der Waals surface area contributed by atoms with Crippen molar-refractivity contribution in [3.8, 4) is 0 Å². The monoisotopic (exact) mass is 291 g/mol. The van der Waals surface area contributed by atoms with Crippen LogP contribution in [0, 0.1) is 5.92 Å². The van der Waals surface area contributed by atoms with Gasteiger partial charge in [0.1, 0.15) is 0 Å². The highest BCUT2D eigenvalue weighted by atomic mass is 16.3. The van der Waals surface area contributed by atoms with Crippen LogP contribution in [0.25, 0.3) is 0 Å². The van der Waals surface area contributed by atoms with Crippen LogP contribution >= 0.6 is 0 Å². The molecule has 0 aromatic carbocycles. The highest BCUT2D eigenvalue weighted by Crippen LogP contribution is 2.33. The molecule has 116 valence electrons. The van der Waals surface area contributed by atoms with Crippen LogP contribution in [-0.2, 0) is 11.2 Å². The Bertz CT molecular complexity index is 465. The summed E-state index contributed by atoms with van der Waals surface area (Å²) in [5.74, 6) is 0.610. The number of carbonyl (C=O) groups excluding carboxylic acids is 1. The predicted octanol–water partition coefficient (Wildman–Crippen LogP) is 1.65. The van der Waals surface area contributed by atoms with Gasteiger partial charge in [0.05, 0.1) is 23.9 Å². The summed E-state index contributed by atoms with van der Waals surface area (Å²) in [7, 11) is 0. The molecule has 0 radical (unpaired) electrons. The summed E-state index contributed by atoms with van der Waals surface area (Å²) in [6, 6.07) is 3.48. The maximum absolute atomic E-state index is 11.9. The van der Waals surface area contributed by atoms with Gasteiger partial charge in [0.25, 0.3) is 0 Å². The Morgan fingerprint density at radius 1 is 1.48 bits per heavy atom. The van der Waals surface area contributed by atoms with Gasteiger partial charge in [-0.05, 0) is 43.7 Å². The van der Waals surface area contributed by atoms with E-state index in [-0.39, 0.29) is 12.3 Å². The Labute approximate surface area is 126 Å². The van der Waals surface area contributed by atoms with Gasteiger partial charge < -0.3 is 16.2 Å². The van der Waals surface area contributed by atoms with E-state index in [1.54, 1.807) is 18.3 Å². The molecule has 1 fully saturated rings.